The molecule has 1 unspecified atom stereocenters. The Kier molecular flexibility index (Phi) is 5.10. The molecule has 1 aromatic heterocycles. The molecule has 4 rings (SSSR count). The summed E-state index contributed by atoms with van der Waals surface area (Å²) < 4.78 is 26.8. The normalized spacial score (nSPS) is 15.4. The molecule has 148 valence electrons. The van der Waals surface area contributed by atoms with E-state index in [0.29, 0.717) is 22.7 Å². The van der Waals surface area contributed by atoms with Gasteiger partial charge in [-0.05, 0) is 30.2 Å². The van der Waals surface area contributed by atoms with Gasteiger partial charge in [0.2, 0.25) is 5.91 Å². The zero-order chi connectivity index (χ0) is 20.5. The van der Waals surface area contributed by atoms with Crippen molar-refractivity contribution in [1.29, 1.82) is 0 Å². The van der Waals surface area contributed by atoms with Crippen molar-refractivity contribution in [3.05, 3.63) is 70.7 Å². The van der Waals surface area contributed by atoms with Crippen molar-refractivity contribution < 1.29 is 23.5 Å². The molecule has 0 bridgehead atoms. The number of carbonyl (C=O) groups is 2. The Morgan fingerprint density at radius 2 is 1.90 bits per heavy atom. The van der Waals surface area contributed by atoms with Crippen LogP contribution >= 0.6 is 11.3 Å². The van der Waals surface area contributed by atoms with Gasteiger partial charge in [0.25, 0.3) is 0 Å². The summed E-state index contributed by atoms with van der Waals surface area (Å²) in [7, 11) is 0. The Labute approximate surface area is 169 Å². The molecule has 0 aliphatic carbocycles. The maximum absolute atomic E-state index is 13.4. The number of benzene rings is 2. The molecule has 1 aliphatic heterocycles. The van der Waals surface area contributed by atoms with E-state index in [-0.39, 0.29) is 18.7 Å². The number of amides is 1. The van der Waals surface area contributed by atoms with Crippen molar-refractivity contribution in [3.8, 4) is 10.6 Å². The van der Waals surface area contributed by atoms with Crippen LogP contribution in [0.15, 0.2) is 48.7 Å². The molecule has 1 atom stereocenters. The molecule has 0 fully saturated rings. The first-order valence-electron chi connectivity index (χ1n) is 8.96. The maximum atomic E-state index is 13.4. The molecule has 0 radical (unpaired) electrons. The van der Waals surface area contributed by atoms with Gasteiger partial charge < -0.3 is 5.11 Å². The van der Waals surface area contributed by atoms with Gasteiger partial charge in [0.1, 0.15) is 22.7 Å². The van der Waals surface area contributed by atoms with Gasteiger partial charge in [0.05, 0.1) is 0 Å². The van der Waals surface area contributed by atoms with E-state index in [9.17, 15) is 23.5 Å². The summed E-state index contributed by atoms with van der Waals surface area (Å²) in [5.41, 5.74) is 1.80. The molecule has 0 saturated heterocycles. The second-order valence-electron chi connectivity index (χ2n) is 6.74. The second-order valence-corrected chi connectivity index (χ2v) is 7.86. The number of hydrogen-bond donors (Lipinski definition) is 1. The first-order chi connectivity index (χ1) is 13.9. The molecule has 8 heteroatoms. The number of fused-ring (bicyclic) bond motifs is 1. The highest BCUT2D eigenvalue weighted by Gasteiger charge is 2.37. The minimum Gasteiger partial charge on any atom is -0.480 e. The Morgan fingerprint density at radius 1 is 1.17 bits per heavy atom. The maximum Gasteiger partial charge on any atom is 0.327 e. The number of rotatable bonds is 5. The fraction of sp³-hybridized carbons (Fsp3) is 0.190. The topological polar surface area (TPSA) is 70.5 Å². The number of thiazole rings is 1. The quantitative estimate of drug-likeness (QED) is 0.684. The molecule has 29 heavy (non-hydrogen) atoms. The van der Waals surface area contributed by atoms with Crippen LogP contribution in [-0.2, 0) is 22.4 Å². The highest BCUT2D eigenvalue weighted by Crippen LogP contribution is 2.33. The fourth-order valence-electron chi connectivity index (χ4n) is 3.48. The van der Waals surface area contributed by atoms with E-state index in [1.807, 2.05) is 12.1 Å². The predicted molar refractivity (Wildman–Crippen MR) is 105 cm³/mol. The summed E-state index contributed by atoms with van der Waals surface area (Å²) in [5.74, 6) is -2.68. The fourth-order valence-corrected chi connectivity index (χ4v) is 4.38. The highest BCUT2D eigenvalue weighted by molar-refractivity contribution is 7.15. The van der Waals surface area contributed by atoms with Gasteiger partial charge in [0, 0.05) is 41.2 Å². The minimum absolute atomic E-state index is 0.108. The summed E-state index contributed by atoms with van der Waals surface area (Å²) in [6.07, 6.45) is 2.33. The van der Waals surface area contributed by atoms with Crippen LogP contribution in [0.3, 0.4) is 0 Å². The summed E-state index contributed by atoms with van der Waals surface area (Å²) in [6, 6.07) is 9.46. The molecule has 5 nitrogen and oxygen atoms in total. The SMILES string of the molecule is O=C(O)C1Cc2ccccc2N1C(=O)CCc1cnc(-c2cc(F)cc(F)c2)s1. The zero-order valence-corrected chi connectivity index (χ0v) is 16.0. The Balaban J connectivity index is 1.49. The number of hydrogen-bond acceptors (Lipinski definition) is 4. The largest absolute Gasteiger partial charge is 0.480 e. The van der Waals surface area contributed by atoms with Crippen molar-refractivity contribution in [2.24, 2.45) is 0 Å². The second kappa shape index (κ2) is 7.71. The number of aryl methyl sites for hydroxylation is 1. The lowest BCUT2D eigenvalue weighted by molar-refractivity contribution is -0.139. The number of anilines is 1. The average molecular weight is 414 g/mol. The molecule has 1 aliphatic rings. The van der Waals surface area contributed by atoms with Crippen molar-refractivity contribution in [1.82, 2.24) is 4.98 Å². The van der Waals surface area contributed by atoms with Gasteiger partial charge >= 0.3 is 5.97 Å². The third-order valence-corrected chi connectivity index (χ3v) is 5.88. The van der Waals surface area contributed by atoms with Crippen molar-refractivity contribution in [2.45, 2.75) is 25.3 Å². The van der Waals surface area contributed by atoms with E-state index >= 15 is 0 Å². The molecule has 2 heterocycles. The van der Waals surface area contributed by atoms with E-state index in [0.717, 1.165) is 16.5 Å². The lowest BCUT2D eigenvalue weighted by Crippen LogP contribution is -2.42. The van der Waals surface area contributed by atoms with Crippen LogP contribution in [0.5, 0.6) is 0 Å². The monoisotopic (exact) mass is 414 g/mol. The zero-order valence-electron chi connectivity index (χ0n) is 15.1. The van der Waals surface area contributed by atoms with Crippen LogP contribution in [0.25, 0.3) is 10.6 Å². The molecule has 1 N–H and O–H groups in total. The van der Waals surface area contributed by atoms with Crippen LogP contribution in [-0.4, -0.2) is 28.0 Å². The number of aromatic nitrogens is 1. The Morgan fingerprint density at radius 3 is 2.62 bits per heavy atom. The first-order valence-corrected chi connectivity index (χ1v) is 9.78. The van der Waals surface area contributed by atoms with Crippen LogP contribution < -0.4 is 4.90 Å². The van der Waals surface area contributed by atoms with E-state index < -0.39 is 23.6 Å². The predicted octanol–water partition coefficient (Wildman–Crippen LogP) is 4.06. The summed E-state index contributed by atoms with van der Waals surface area (Å²) in [5, 5.41) is 9.96. The number of carboxylic acid groups (broad SMARTS) is 1. The van der Waals surface area contributed by atoms with E-state index in [1.165, 1.54) is 28.4 Å². The Hall–Kier alpha value is -3.13. The number of para-hydroxylation sites is 1. The van der Waals surface area contributed by atoms with E-state index in [1.54, 1.807) is 18.3 Å². The minimum atomic E-state index is -1.04. The third kappa shape index (κ3) is 3.88. The van der Waals surface area contributed by atoms with Gasteiger partial charge in [-0.25, -0.2) is 18.6 Å². The number of carboxylic acids is 1. The number of aliphatic carboxylic acids is 1. The first kappa shape index (κ1) is 19.2. The molecule has 0 saturated carbocycles. The van der Waals surface area contributed by atoms with Gasteiger partial charge in [0.15, 0.2) is 0 Å². The number of carbonyl (C=O) groups excluding carboxylic acids is 1. The molecule has 2 aromatic carbocycles. The van der Waals surface area contributed by atoms with Crippen molar-refractivity contribution in [2.75, 3.05) is 4.90 Å². The van der Waals surface area contributed by atoms with Crippen LogP contribution in [0.1, 0.15) is 16.9 Å². The molecular weight excluding hydrogens is 398 g/mol. The van der Waals surface area contributed by atoms with E-state index in [2.05, 4.69) is 4.98 Å². The standard InChI is InChI=1S/C21H16F2N2O3S/c22-14-7-13(8-15(23)10-14)20-24-11-16(29-20)5-6-19(26)25-17-4-2-1-3-12(17)9-18(25)21(27)28/h1-4,7-8,10-11,18H,5-6,9H2,(H,27,28). The van der Waals surface area contributed by atoms with Gasteiger partial charge in [-0.3, -0.25) is 9.69 Å². The van der Waals surface area contributed by atoms with Crippen LogP contribution in [0, 0.1) is 11.6 Å². The van der Waals surface area contributed by atoms with Gasteiger partial charge in [-0.15, -0.1) is 11.3 Å². The van der Waals surface area contributed by atoms with E-state index in [4.69, 9.17) is 0 Å². The summed E-state index contributed by atoms with van der Waals surface area (Å²) >= 11 is 1.25. The molecule has 3 aromatic rings. The van der Waals surface area contributed by atoms with Crippen molar-refractivity contribution >= 4 is 28.9 Å². The molecule has 1 amide bonds. The van der Waals surface area contributed by atoms with Crippen molar-refractivity contribution in [3.63, 3.8) is 0 Å². The smallest absolute Gasteiger partial charge is 0.327 e. The van der Waals surface area contributed by atoms with Gasteiger partial charge in [-0.2, -0.15) is 0 Å². The number of halogens is 2. The van der Waals surface area contributed by atoms with Crippen LogP contribution in [0.2, 0.25) is 0 Å². The summed E-state index contributed by atoms with van der Waals surface area (Å²) in [6.45, 7) is 0. The molecule has 0 spiro atoms. The lowest BCUT2D eigenvalue weighted by Gasteiger charge is -2.22. The van der Waals surface area contributed by atoms with Gasteiger partial charge in [-0.1, -0.05) is 18.2 Å². The average Bonchev–Trinajstić information content (AvgIpc) is 3.30. The highest BCUT2D eigenvalue weighted by atomic mass is 32.1. The number of nitrogens with zero attached hydrogens (tertiary/aromatic N) is 2. The molecular formula is C21H16F2N2O3S. The lowest BCUT2D eigenvalue weighted by atomic mass is 10.1. The third-order valence-electron chi connectivity index (χ3n) is 4.78. The Bertz CT molecular complexity index is 1080. The van der Waals surface area contributed by atoms with Crippen LogP contribution in [0.4, 0.5) is 14.5 Å². The summed E-state index contributed by atoms with van der Waals surface area (Å²) in [4.78, 5) is 30.7.